The molecule has 0 saturated carbocycles. The van der Waals surface area contributed by atoms with Crippen molar-refractivity contribution in [2.45, 2.75) is 24.8 Å². The molecule has 0 radical (unpaired) electrons. The van der Waals surface area contributed by atoms with Crippen molar-refractivity contribution in [2.75, 3.05) is 29.1 Å². The van der Waals surface area contributed by atoms with Crippen molar-refractivity contribution in [3.05, 3.63) is 54.5 Å². The third-order valence-corrected chi connectivity index (χ3v) is 5.97. The second kappa shape index (κ2) is 9.11. The first-order valence-corrected chi connectivity index (χ1v) is 11.2. The first-order chi connectivity index (χ1) is 17.9. The van der Waals surface area contributed by atoms with Gasteiger partial charge in [0.25, 0.3) is 11.8 Å². The van der Waals surface area contributed by atoms with E-state index in [1.807, 2.05) is 0 Å². The van der Waals surface area contributed by atoms with E-state index in [9.17, 15) is 27.9 Å². The quantitative estimate of drug-likeness (QED) is 0.350. The molecule has 12 nitrogen and oxygen atoms in total. The summed E-state index contributed by atoms with van der Waals surface area (Å²) in [6, 6.07) is 8.12. The highest BCUT2D eigenvalue weighted by Crippen LogP contribution is 2.30. The monoisotopic (exact) mass is 531 g/mol. The van der Waals surface area contributed by atoms with Crippen molar-refractivity contribution in [1.82, 2.24) is 19.9 Å². The Morgan fingerprint density at radius 1 is 1.24 bits per heavy atom. The maximum Gasteiger partial charge on any atom is 0.433 e. The molecule has 0 bridgehead atoms. The summed E-state index contributed by atoms with van der Waals surface area (Å²) in [7, 11) is 0. The molecule has 4 N–H and O–H groups in total. The molecular formula is C23H20F3N7O5. The number of amides is 2. The minimum Gasteiger partial charge on any atom is -0.380 e. The molecule has 0 spiro atoms. The molecule has 1 fully saturated rings. The summed E-state index contributed by atoms with van der Waals surface area (Å²) >= 11 is 0. The van der Waals surface area contributed by atoms with Crippen LogP contribution < -0.4 is 16.0 Å². The van der Waals surface area contributed by atoms with E-state index in [2.05, 4.69) is 20.6 Å². The predicted octanol–water partition coefficient (Wildman–Crippen LogP) is 2.13. The van der Waals surface area contributed by atoms with E-state index in [0.29, 0.717) is 11.0 Å². The lowest BCUT2D eigenvalue weighted by atomic mass is 9.95. The number of carbonyl (C=O) groups excluding carboxylic acids is 2. The zero-order valence-corrected chi connectivity index (χ0v) is 19.6. The van der Waals surface area contributed by atoms with Gasteiger partial charge in [-0.05, 0) is 31.2 Å². The van der Waals surface area contributed by atoms with Gasteiger partial charge in [0.15, 0.2) is 28.9 Å². The Morgan fingerprint density at radius 2 is 2.03 bits per heavy atom. The molecule has 0 aliphatic carbocycles. The molecule has 5 rings (SSSR count). The summed E-state index contributed by atoms with van der Waals surface area (Å²) in [6.07, 6.45) is -3.86. The zero-order valence-electron chi connectivity index (χ0n) is 19.6. The minimum absolute atomic E-state index is 0.0382. The number of anilines is 3. The number of morpholine rings is 1. The Labute approximate surface area is 211 Å². The average molecular weight is 531 g/mol. The lowest BCUT2D eigenvalue weighted by Gasteiger charge is -2.37. The summed E-state index contributed by atoms with van der Waals surface area (Å²) in [4.78, 5) is 30.7. The smallest absolute Gasteiger partial charge is 0.380 e. The summed E-state index contributed by atoms with van der Waals surface area (Å²) in [5, 5.41) is 21.9. The molecule has 1 aliphatic heterocycles. The van der Waals surface area contributed by atoms with E-state index in [4.69, 9.17) is 15.0 Å². The number of hydrogen-bond acceptors (Lipinski definition) is 9. The van der Waals surface area contributed by atoms with Crippen LogP contribution in [-0.2, 0) is 20.5 Å². The van der Waals surface area contributed by atoms with E-state index in [1.165, 1.54) is 35.4 Å². The molecule has 4 aromatic rings. The molecule has 198 valence electrons. The predicted molar refractivity (Wildman–Crippen MR) is 126 cm³/mol. The van der Waals surface area contributed by atoms with Gasteiger partial charge in [0, 0.05) is 30.2 Å². The highest BCUT2D eigenvalue weighted by molar-refractivity contribution is 6.06. The van der Waals surface area contributed by atoms with Crippen molar-refractivity contribution in [1.29, 1.82) is 0 Å². The topological polar surface area (TPSA) is 162 Å². The first kappa shape index (κ1) is 25.2. The van der Waals surface area contributed by atoms with Crippen LogP contribution in [0.5, 0.6) is 0 Å². The number of aromatic nitrogens is 4. The van der Waals surface area contributed by atoms with Crippen molar-refractivity contribution < 1.29 is 37.1 Å². The number of hydrogen-bond donors (Lipinski definition) is 3. The fraction of sp³-hybridized carbons (Fsp3) is 0.261. The van der Waals surface area contributed by atoms with Crippen molar-refractivity contribution in [3.8, 4) is 5.69 Å². The van der Waals surface area contributed by atoms with E-state index in [1.54, 1.807) is 6.07 Å². The summed E-state index contributed by atoms with van der Waals surface area (Å²) < 4.78 is 50.8. The summed E-state index contributed by atoms with van der Waals surface area (Å²) in [5.74, 6) is -1.41. The number of aliphatic hydroxyl groups is 1. The van der Waals surface area contributed by atoms with Crippen molar-refractivity contribution in [3.63, 3.8) is 0 Å². The van der Waals surface area contributed by atoms with Gasteiger partial charge in [-0.3, -0.25) is 19.5 Å². The number of pyridine rings is 1. The second-order valence-electron chi connectivity index (χ2n) is 8.64. The number of nitrogens with one attached hydrogen (secondary N) is 1. The number of nitrogen functional groups attached to an aromatic ring is 1. The lowest BCUT2D eigenvalue weighted by Crippen LogP contribution is -2.61. The standard InChI is InChI=1S/C23H20F3N7O5/c1-22(36,21(35)29-12-2-3-14-15(10-12)38-31-19(14)27)18-20(34)32(8-9-37-18)17-5-7-33(30-17)13-4-6-28-16(11-13)23(24,25)26/h2-7,10-11,18,36H,8-9H2,1H3,(H2,27,31)(H,29,35)/t18-,22?/m0/s1. The number of alkyl halides is 3. The summed E-state index contributed by atoms with van der Waals surface area (Å²) in [6.45, 7) is 1.13. The maximum absolute atomic E-state index is 13.3. The molecule has 2 atom stereocenters. The SMILES string of the molecule is CC(O)(C(=O)Nc1ccc2c(N)noc2c1)[C@H]1OCCN(c2ccn(-c3ccnc(C(F)(F)F)c3)n2)C1=O. The second-order valence-corrected chi connectivity index (χ2v) is 8.64. The fourth-order valence-corrected chi connectivity index (χ4v) is 3.95. The van der Waals surface area contributed by atoms with Crippen LogP contribution in [0.15, 0.2) is 53.3 Å². The Morgan fingerprint density at radius 3 is 2.79 bits per heavy atom. The number of nitrogens with zero attached hydrogens (tertiary/aromatic N) is 5. The van der Waals surface area contributed by atoms with E-state index >= 15 is 0 Å². The van der Waals surface area contributed by atoms with Crippen molar-refractivity contribution in [2.24, 2.45) is 0 Å². The van der Waals surface area contributed by atoms with Crippen LogP contribution >= 0.6 is 0 Å². The van der Waals surface area contributed by atoms with Gasteiger partial charge in [-0.1, -0.05) is 5.16 Å². The van der Waals surface area contributed by atoms with Gasteiger partial charge in [0.1, 0.15) is 5.69 Å². The van der Waals surface area contributed by atoms with Gasteiger partial charge in [-0.25, -0.2) is 4.68 Å². The van der Waals surface area contributed by atoms with Crippen molar-refractivity contribution >= 4 is 40.1 Å². The van der Waals surface area contributed by atoms with Crippen LogP contribution in [-0.4, -0.2) is 61.7 Å². The van der Waals surface area contributed by atoms with Gasteiger partial charge in [0.05, 0.1) is 24.2 Å². The van der Waals surface area contributed by atoms with Crippen LogP contribution in [0.3, 0.4) is 0 Å². The van der Waals surface area contributed by atoms with Gasteiger partial charge in [-0.15, -0.1) is 5.10 Å². The molecule has 3 aromatic heterocycles. The largest absolute Gasteiger partial charge is 0.433 e. The zero-order chi connectivity index (χ0) is 27.2. The van der Waals surface area contributed by atoms with Crippen LogP contribution in [0.4, 0.5) is 30.5 Å². The number of rotatable bonds is 5. The molecule has 2 amide bonds. The first-order valence-electron chi connectivity index (χ1n) is 11.2. The Balaban J connectivity index is 1.34. The number of fused-ring (bicyclic) bond motifs is 1. The van der Waals surface area contributed by atoms with Crippen LogP contribution in [0.2, 0.25) is 0 Å². The Kier molecular flexibility index (Phi) is 6.03. The highest BCUT2D eigenvalue weighted by Gasteiger charge is 2.49. The molecule has 4 heterocycles. The van der Waals surface area contributed by atoms with E-state index in [0.717, 1.165) is 23.9 Å². The fourth-order valence-electron chi connectivity index (χ4n) is 3.95. The molecule has 38 heavy (non-hydrogen) atoms. The average Bonchev–Trinajstić information content (AvgIpc) is 3.51. The third kappa shape index (κ3) is 4.52. The van der Waals surface area contributed by atoms with E-state index < -0.39 is 35.4 Å². The van der Waals surface area contributed by atoms with Gasteiger partial charge < -0.3 is 25.4 Å². The summed E-state index contributed by atoms with van der Waals surface area (Å²) in [5.41, 5.74) is 2.93. The van der Waals surface area contributed by atoms with E-state index in [-0.39, 0.29) is 36.2 Å². The minimum atomic E-state index is -4.64. The Hall–Kier alpha value is -4.50. The van der Waals surface area contributed by atoms with Crippen LogP contribution in [0, 0.1) is 0 Å². The highest BCUT2D eigenvalue weighted by atomic mass is 19.4. The lowest BCUT2D eigenvalue weighted by molar-refractivity contribution is -0.165. The maximum atomic E-state index is 13.3. The molecule has 1 unspecified atom stereocenters. The number of ether oxygens (including phenoxy) is 1. The van der Waals surface area contributed by atoms with Gasteiger partial charge >= 0.3 is 6.18 Å². The van der Waals surface area contributed by atoms with Gasteiger partial charge in [0.2, 0.25) is 0 Å². The van der Waals surface area contributed by atoms with Gasteiger partial charge in [-0.2, -0.15) is 13.2 Å². The Bertz CT molecular complexity index is 1530. The molecule has 1 aliphatic rings. The molecule has 15 heteroatoms. The number of nitrogens with two attached hydrogens (primary N) is 1. The molecule has 1 aromatic carbocycles. The number of halogens is 3. The third-order valence-electron chi connectivity index (χ3n) is 5.97. The number of carbonyl (C=O) groups is 2. The van der Waals surface area contributed by atoms with Crippen LogP contribution in [0.1, 0.15) is 12.6 Å². The molecular weight excluding hydrogens is 511 g/mol. The number of benzene rings is 1. The normalized spacial score (nSPS) is 18.0. The van der Waals surface area contributed by atoms with Crippen LogP contribution in [0.25, 0.3) is 16.7 Å². The molecule has 1 saturated heterocycles.